The number of nitrogens with zero attached hydrogens (tertiary/aromatic N) is 2. The number of nitrogens with one attached hydrogen (secondary N) is 2. The van der Waals surface area contributed by atoms with Crippen molar-refractivity contribution in [1.29, 1.82) is 0 Å². The van der Waals surface area contributed by atoms with E-state index in [4.69, 9.17) is 9.47 Å². The predicted molar refractivity (Wildman–Crippen MR) is 124 cm³/mol. The molecule has 27 heavy (non-hydrogen) atoms. The van der Waals surface area contributed by atoms with Crippen LogP contribution in [-0.2, 0) is 22.3 Å². The summed E-state index contributed by atoms with van der Waals surface area (Å²) in [4.78, 5) is 10.3. The van der Waals surface area contributed by atoms with Crippen LogP contribution in [0.25, 0.3) is 0 Å². The summed E-state index contributed by atoms with van der Waals surface area (Å²) in [7, 11) is 1.81. The van der Waals surface area contributed by atoms with Crippen molar-refractivity contribution >= 4 is 41.3 Å². The molecule has 1 fully saturated rings. The van der Waals surface area contributed by atoms with Crippen molar-refractivity contribution < 1.29 is 9.47 Å². The molecule has 156 valence electrons. The van der Waals surface area contributed by atoms with Crippen LogP contribution in [0.5, 0.6) is 0 Å². The molecule has 2 rings (SSSR count). The van der Waals surface area contributed by atoms with E-state index in [0.717, 1.165) is 77.6 Å². The molecule has 0 amide bonds. The molecule has 1 aliphatic rings. The van der Waals surface area contributed by atoms with Crippen LogP contribution in [0.3, 0.4) is 0 Å². The second-order valence-corrected chi connectivity index (χ2v) is 7.91. The van der Waals surface area contributed by atoms with Gasteiger partial charge in [0.05, 0.1) is 10.7 Å². The molecule has 0 bridgehead atoms. The van der Waals surface area contributed by atoms with E-state index >= 15 is 0 Å². The minimum absolute atomic E-state index is 0. The van der Waals surface area contributed by atoms with Crippen molar-refractivity contribution in [3.63, 3.8) is 0 Å². The highest BCUT2D eigenvalue weighted by atomic mass is 127. The Morgan fingerprint density at radius 2 is 2.04 bits per heavy atom. The molecule has 6 nitrogen and oxygen atoms in total. The minimum Gasteiger partial charge on any atom is -0.381 e. The maximum Gasteiger partial charge on any atom is 0.190 e. The van der Waals surface area contributed by atoms with Crippen molar-refractivity contribution in [1.82, 2.24) is 15.6 Å². The Morgan fingerprint density at radius 3 is 2.70 bits per heavy atom. The Labute approximate surface area is 184 Å². The zero-order valence-corrected chi connectivity index (χ0v) is 20.0. The normalized spacial score (nSPS) is 15.4. The third-order valence-corrected chi connectivity index (χ3v) is 5.65. The fourth-order valence-electron chi connectivity index (χ4n) is 2.98. The molecule has 1 saturated heterocycles. The number of rotatable bonds is 10. The van der Waals surface area contributed by atoms with E-state index < -0.39 is 0 Å². The van der Waals surface area contributed by atoms with Gasteiger partial charge in [-0.3, -0.25) is 4.99 Å². The lowest BCUT2D eigenvalue weighted by atomic mass is 10.0. The highest BCUT2D eigenvalue weighted by Crippen LogP contribution is 2.18. The molecule has 0 unspecified atom stereocenters. The second kappa shape index (κ2) is 14.5. The van der Waals surface area contributed by atoms with Crippen LogP contribution in [0.4, 0.5) is 0 Å². The molecule has 8 heteroatoms. The summed E-state index contributed by atoms with van der Waals surface area (Å²) in [6.07, 6.45) is 5.19. The van der Waals surface area contributed by atoms with Crippen LogP contribution in [0.15, 0.2) is 4.99 Å². The van der Waals surface area contributed by atoms with Crippen molar-refractivity contribution in [2.75, 3.05) is 46.6 Å². The Balaban J connectivity index is 0.00000364. The summed E-state index contributed by atoms with van der Waals surface area (Å²) in [5.41, 5.74) is 1.23. The average Bonchev–Trinajstić information content (AvgIpc) is 3.03. The van der Waals surface area contributed by atoms with E-state index in [9.17, 15) is 0 Å². The molecule has 1 aromatic heterocycles. The SMILES string of the molecule is CCc1nc(CCNC(=NC)NCCCOCC2CCOCC2)sc1C.I. The number of aryl methyl sites for hydroxylation is 2. The number of hydrogen-bond donors (Lipinski definition) is 2. The molecule has 0 radical (unpaired) electrons. The van der Waals surface area contributed by atoms with E-state index in [2.05, 4.69) is 34.5 Å². The van der Waals surface area contributed by atoms with E-state index in [1.54, 1.807) is 18.4 Å². The zero-order valence-electron chi connectivity index (χ0n) is 16.9. The standard InChI is InChI=1S/C19H34N4O2S.HI/c1-4-17-15(2)26-18(23-17)6-10-22-19(20-3)21-9-5-11-25-14-16-7-12-24-13-8-16;/h16H,4-14H2,1-3H3,(H2,20,21,22);1H. The summed E-state index contributed by atoms with van der Waals surface area (Å²) in [5.74, 6) is 1.52. The van der Waals surface area contributed by atoms with Crippen molar-refractivity contribution in [2.45, 2.75) is 46.0 Å². The van der Waals surface area contributed by atoms with Gasteiger partial charge in [-0.15, -0.1) is 35.3 Å². The van der Waals surface area contributed by atoms with Gasteiger partial charge in [-0.05, 0) is 38.5 Å². The molecule has 1 aromatic rings. The lowest BCUT2D eigenvalue weighted by Gasteiger charge is -2.21. The second-order valence-electron chi connectivity index (χ2n) is 6.62. The molecule has 0 atom stereocenters. The molecule has 0 aliphatic carbocycles. The van der Waals surface area contributed by atoms with Gasteiger partial charge in [0.2, 0.25) is 0 Å². The van der Waals surface area contributed by atoms with Crippen LogP contribution >= 0.6 is 35.3 Å². The molecular formula is C19H35IN4O2S. The Morgan fingerprint density at radius 1 is 1.30 bits per heavy atom. The van der Waals surface area contributed by atoms with Gasteiger partial charge in [0.25, 0.3) is 0 Å². The monoisotopic (exact) mass is 510 g/mol. The zero-order chi connectivity index (χ0) is 18.6. The average molecular weight is 510 g/mol. The van der Waals surface area contributed by atoms with E-state index in [1.807, 2.05) is 0 Å². The highest BCUT2D eigenvalue weighted by Gasteiger charge is 2.13. The summed E-state index contributed by atoms with van der Waals surface area (Å²) in [5, 5.41) is 7.90. The molecule has 1 aliphatic heterocycles. The maximum absolute atomic E-state index is 5.79. The third-order valence-electron chi connectivity index (χ3n) is 4.58. The third kappa shape index (κ3) is 9.54. The molecule has 0 saturated carbocycles. The highest BCUT2D eigenvalue weighted by molar-refractivity contribution is 14.0. The fourth-order valence-corrected chi connectivity index (χ4v) is 4.00. The number of hydrogen-bond acceptors (Lipinski definition) is 5. The molecule has 0 spiro atoms. The van der Waals surface area contributed by atoms with E-state index in [1.165, 1.54) is 15.6 Å². The van der Waals surface area contributed by atoms with Gasteiger partial charge in [0.15, 0.2) is 5.96 Å². The van der Waals surface area contributed by atoms with Gasteiger partial charge in [0, 0.05) is 57.9 Å². The van der Waals surface area contributed by atoms with Crippen LogP contribution in [0.1, 0.15) is 41.8 Å². The number of halogens is 1. The van der Waals surface area contributed by atoms with Crippen LogP contribution in [0, 0.1) is 12.8 Å². The topological polar surface area (TPSA) is 67.8 Å². The number of guanidine groups is 1. The molecular weight excluding hydrogens is 475 g/mol. The Kier molecular flexibility index (Phi) is 13.2. The smallest absolute Gasteiger partial charge is 0.190 e. The first-order chi connectivity index (χ1) is 12.7. The minimum atomic E-state index is 0. The quantitative estimate of drug-likeness (QED) is 0.219. The molecule has 2 N–H and O–H groups in total. The first kappa shape index (κ1) is 24.6. The summed E-state index contributed by atoms with van der Waals surface area (Å²) >= 11 is 1.80. The van der Waals surface area contributed by atoms with Crippen molar-refractivity contribution in [3.8, 4) is 0 Å². The maximum atomic E-state index is 5.79. The summed E-state index contributed by atoms with van der Waals surface area (Å²) in [6.45, 7) is 9.44. The van der Waals surface area contributed by atoms with E-state index in [-0.39, 0.29) is 24.0 Å². The van der Waals surface area contributed by atoms with Gasteiger partial charge < -0.3 is 20.1 Å². The van der Waals surface area contributed by atoms with Gasteiger partial charge in [-0.1, -0.05) is 6.92 Å². The lowest BCUT2D eigenvalue weighted by molar-refractivity contribution is 0.0203. The number of thiazole rings is 1. The van der Waals surface area contributed by atoms with E-state index in [0.29, 0.717) is 5.92 Å². The van der Waals surface area contributed by atoms with Crippen molar-refractivity contribution in [2.24, 2.45) is 10.9 Å². The van der Waals surface area contributed by atoms with Gasteiger partial charge in [-0.2, -0.15) is 0 Å². The number of ether oxygens (including phenoxy) is 2. The Hall–Kier alpha value is -0.450. The summed E-state index contributed by atoms with van der Waals surface area (Å²) < 4.78 is 11.2. The van der Waals surface area contributed by atoms with Gasteiger partial charge in [0.1, 0.15) is 0 Å². The molecule has 0 aromatic carbocycles. The number of aliphatic imine (C=N–C) groups is 1. The van der Waals surface area contributed by atoms with Gasteiger partial charge >= 0.3 is 0 Å². The largest absolute Gasteiger partial charge is 0.381 e. The number of aromatic nitrogens is 1. The van der Waals surface area contributed by atoms with Crippen LogP contribution in [0.2, 0.25) is 0 Å². The fraction of sp³-hybridized carbons (Fsp3) is 0.789. The van der Waals surface area contributed by atoms with Crippen LogP contribution in [-0.4, -0.2) is 57.5 Å². The van der Waals surface area contributed by atoms with Gasteiger partial charge in [-0.25, -0.2) is 4.98 Å². The first-order valence-corrected chi connectivity index (χ1v) is 10.6. The Bertz CT molecular complexity index is 548. The van der Waals surface area contributed by atoms with Crippen LogP contribution < -0.4 is 10.6 Å². The van der Waals surface area contributed by atoms with Crippen molar-refractivity contribution in [3.05, 3.63) is 15.6 Å². The summed E-state index contributed by atoms with van der Waals surface area (Å²) in [6, 6.07) is 0. The first-order valence-electron chi connectivity index (χ1n) is 9.78. The predicted octanol–water partition coefficient (Wildman–Crippen LogP) is 3.17. The lowest BCUT2D eigenvalue weighted by Crippen LogP contribution is -2.39. The molecule has 2 heterocycles.